The fourth-order valence-electron chi connectivity index (χ4n) is 2.98. The standard InChI is InChI=1S/C14H16N4O.C2HF3O2/c1-9-12-14(18(17-9)11-4-2-3-5-11)16-13(15-12)10-6-7-19-8-10;3-2(4,5)1(6)7/h6-8,11H,2-5H2,1H3,(H,15,16);(H,6,7). The van der Waals surface area contributed by atoms with Crippen LogP contribution in [-0.2, 0) is 4.79 Å². The monoisotopic (exact) mass is 370 g/mol. The molecule has 0 aromatic carbocycles. The number of fused-ring (bicyclic) bond motifs is 1. The molecular weight excluding hydrogens is 353 g/mol. The summed E-state index contributed by atoms with van der Waals surface area (Å²) in [7, 11) is 0. The van der Waals surface area contributed by atoms with Crippen molar-refractivity contribution >= 4 is 17.1 Å². The smallest absolute Gasteiger partial charge is 0.475 e. The molecule has 0 aliphatic heterocycles. The molecule has 0 saturated heterocycles. The number of carbonyl (C=O) groups is 1. The molecule has 0 bridgehead atoms. The van der Waals surface area contributed by atoms with E-state index in [-0.39, 0.29) is 0 Å². The minimum Gasteiger partial charge on any atom is -0.475 e. The molecule has 1 aliphatic rings. The third-order valence-electron chi connectivity index (χ3n) is 4.23. The van der Waals surface area contributed by atoms with Crippen LogP contribution in [0.25, 0.3) is 22.6 Å². The van der Waals surface area contributed by atoms with E-state index in [0.29, 0.717) is 6.04 Å². The van der Waals surface area contributed by atoms with E-state index in [9.17, 15) is 13.2 Å². The molecular formula is C16H17F3N4O3. The van der Waals surface area contributed by atoms with E-state index in [4.69, 9.17) is 19.3 Å². The Hall–Kier alpha value is -2.78. The van der Waals surface area contributed by atoms with Gasteiger partial charge in [0.05, 0.1) is 23.6 Å². The number of aromatic nitrogens is 4. The van der Waals surface area contributed by atoms with Gasteiger partial charge in [-0.2, -0.15) is 18.3 Å². The van der Waals surface area contributed by atoms with Crippen molar-refractivity contribution in [2.24, 2.45) is 0 Å². The van der Waals surface area contributed by atoms with Crippen molar-refractivity contribution in [3.63, 3.8) is 0 Å². The van der Waals surface area contributed by atoms with E-state index in [0.717, 1.165) is 28.2 Å². The number of aromatic amines is 1. The quantitative estimate of drug-likeness (QED) is 0.709. The Morgan fingerprint density at radius 1 is 1.38 bits per heavy atom. The molecule has 26 heavy (non-hydrogen) atoms. The van der Waals surface area contributed by atoms with Gasteiger partial charge in [-0.25, -0.2) is 14.5 Å². The molecule has 4 rings (SSSR count). The van der Waals surface area contributed by atoms with Crippen molar-refractivity contribution in [2.75, 3.05) is 0 Å². The van der Waals surface area contributed by atoms with Crippen molar-refractivity contribution in [1.29, 1.82) is 0 Å². The van der Waals surface area contributed by atoms with Gasteiger partial charge in [0.1, 0.15) is 17.6 Å². The highest BCUT2D eigenvalue weighted by Crippen LogP contribution is 2.32. The number of aryl methyl sites for hydroxylation is 1. The van der Waals surface area contributed by atoms with E-state index in [2.05, 4.69) is 14.8 Å². The first kappa shape index (κ1) is 18.0. The number of hydrogen-bond donors (Lipinski definition) is 2. The number of hydrogen-bond acceptors (Lipinski definition) is 4. The Morgan fingerprint density at radius 3 is 2.58 bits per heavy atom. The van der Waals surface area contributed by atoms with Gasteiger partial charge in [0, 0.05) is 0 Å². The topological polar surface area (TPSA) is 96.9 Å². The normalized spacial score (nSPS) is 15.2. The van der Waals surface area contributed by atoms with Gasteiger partial charge in [-0.1, -0.05) is 12.8 Å². The molecule has 10 heteroatoms. The third kappa shape index (κ3) is 3.58. The summed E-state index contributed by atoms with van der Waals surface area (Å²) in [6.07, 6.45) is 3.31. The summed E-state index contributed by atoms with van der Waals surface area (Å²) in [5.41, 5.74) is 4.02. The fraction of sp³-hybridized carbons (Fsp3) is 0.438. The molecule has 3 heterocycles. The molecule has 0 radical (unpaired) electrons. The zero-order valence-electron chi connectivity index (χ0n) is 13.9. The maximum absolute atomic E-state index is 10.6. The predicted molar refractivity (Wildman–Crippen MR) is 85.5 cm³/mol. The second kappa shape index (κ2) is 6.85. The lowest BCUT2D eigenvalue weighted by atomic mass is 10.2. The van der Waals surface area contributed by atoms with Crippen LogP contribution in [0.2, 0.25) is 0 Å². The minimum absolute atomic E-state index is 0.511. The second-order valence-corrected chi connectivity index (χ2v) is 6.07. The van der Waals surface area contributed by atoms with Crippen molar-refractivity contribution in [3.8, 4) is 11.4 Å². The predicted octanol–water partition coefficient (Wildman–Crippen LogP) is 4.08. The Bertz CT molecular complexity index is 890. The van der Waals surface area contributed by atoms with E-state index < -0.39 is 12.1 Å². The van der Waals surface area contributed by atoms with Crippen LogP contribution in [0.5, 0.6) is 0 Å². The summed E-state index contributed by atoms with van der Waals surface area (Å²) in [5, 5.41) is 11.8. The molecule has 1 aliphatic carbocycles. The molecule has 0 spiro atoms. The summed E-state index contributed by atoms with van der Waals surface area (Å²) in [4.78, 5) is 17.0. The average molecular weight is 370 g/mol. The van der Waals surface area contributed by atoms with Gasteiger partial charge in [0.15, 0.2) is 5.65 Å². The molecule has 0 amide bonds. The van der Waals surface area contributed by atoms with Crippen LogP contribution >= 0.6 is 0 Å². The lowest BCUT2D eigenvalue weighted by Gasteiger charge is -2.09. The molecule has 3 aromatic rings. The van der Waals surface area contributed by atoms with Crippen LogP contribution in [0, 0.1) is 6.92 Å². The van der Waals surface area contributed by atoms with Gasteiger partial charge < -0.3 is 14.5 Å². The largest absolute Gasteiger partial charge is 0.490 e. The summed E-state index contributed by atoms with van der Waals surface area (Å²) in [6.45, 7) is 2.03. The molecule has 3 aromatic heterocycles. The highest BCUT2D eigenvalue weighted by Gasteiger charge is 2.38. The molecule has 0 unspecified atom stereocenters. The van der Waals surface area contributed by atoms with Crippen LogP contribution in [0.1, 0.15) is 37.4 Å². The third-order valence-corrected chi connectivity index (χ3v) is 4.23. The lowest BCUT2D eigenvalue weighted by Crippen LogP contribution is -2.21. The number of carboxylic acids is 1. The fourth-order valence-corrected chi connectivity index (χ4v) is 2.98. The van der Waals surface area contributed by atoms with Crippen molar-refractivity contribution in [2.45, 2.75) is 44.8 Å². The number of furan rings is 1. The van der Waals surface area contributed by atoms with E-state index in [1.165, 1.54) is 25.7 Å². The minimum atomic E-state index is -5.08. The number of alkyl halides is 3. The Kier molecular flexibility index (Phi) is 4.75. The SMILES string of the molecule is Cc1nn(C2CCCC2)c2nc(-c3ccoc3)[nH]c12.O=C(O)C(F)(F)F. The van der Waals surface area contributed by atoms with Gasteiger partial charge in [-0.15, -0.1) is 0 Å². The highest BCUT2D eigenvalue weighted by molar-refractivity contribution is 5.78. The molecule has 140 valence electrons. The highest BCUT2D eigenvalue weighted by atomic mass is 19.4. The number of H-pyrrole nitrogens is 1. The van der Waals surface area contributed by atoms with Crippen LogP contribution < -0.4 is 0 Å². The maximum atomic E-state index is 10.6. The van der Waals surface area contributed by atoms with E-state index >= 15 is 0 Å². The molecule has 1 fully saturated rings. The first-order valence-electron chi connectivity index (χ1n) is 8.05. The Labute approximate surface area is 145 Å². The van der Waals surface area contributed by atoms with Crippen LogP contribution in [0.4, 0.5) is 13.2 Å². The van der Waals surface area contributed by atoms with Crippen molar-refractivity contribution in [3.05, 3.63) is 24.3 Å². The van der Waals surface area contributed by atoms with Gasteiger partial charge >= 0.3 is 12.1 Å². The van der Waals surface area contributed by atoms with E-state index in [1.54, 1.807) is 12.5 Å². The van der Waals surface area contributed by atoms with Crippen molar-refractivity contribution < 1.29 is 27.5 Å². The number of carboxylic acid groups (broad SMARTS) is 1. The maximum Gasteiger partial charge on any atom is 0.490 e. The van der Waals surface area contributed by atoms with Crippen LogP contribution in [-0.4, -0.2) is 37.0 Å². The average Bonchev–Trinajstić information content (AvgIpc) is 3.34. The van der Waals surface area contributed by atoms with Crippen molar-refractivity contribution in [1.82, 2.24) is 19.7 Å². The number of halogens is 3. The summed E-state index contributed by atoms with van der Waals surface area (Å²) in [5.74, 6) is -1.90. The lowest BCUT2D eigenvalue weighted by molar-refractivity contribution is -0.192. The summed E-state index contributed by atoms with van der Waals surface area (Å²) < 4.78 is 39.0. The van der Waals surface area contributed by atoms with Gasteiger partial charge in [-0.05, 0) is 25.8 Å². The zero-order valence-corrected chi connectivity index (χ0v) is 13.9. The van der Waals surface area contributed by atoms with Crippen LogP contribution in [0.3, 0.4) is 0 Å². The number of nitrogens with zero attached hydrogens (tertiary/aromatic N) is 3. The number of imidazole rings is 1. The summed E-state index contributed by atoms with van der Waals surface area (Å²) in [6, 6.07) is 2.43. The second-order valence-electron chi connectivity index (χ2n) is 6.07. The Morgan fingerprint density at radius 2 is 2.04 bits per heavy atom. The van der Waals surface area contributed by atoms with E-state index in [1.807, 2.05) is 13.0 Å². The molecule has 2 N–H and O–H groups in total. The number of rotatable bonds is 2. The first-order chi connectivity index (χ1) is 12.3. The number of nitrogens with one attached hydrogen (secondary N) is 1. The first-order valence-corrected chi connectivity index (χ1v) is 8.05. The van der Waals surface area contributed by atoms with Crippen LogP contribution in [0.15, 0.2) is 23.0 Å². The molecule has 7 nitrogen and oxygen atoms in total. The van der Waals surface area contributed by atoms with Gasteiger partial charge in [0.2, 0.25) is 0 Å². The zero-order chi connectivity index (χ0) is 18.9. The number of aliphatic carboxylic acids is 1. The summed E-state index contributed by atoms with van der Waals surface area (Å²) >= 11 is 0. The Balaban J connectivity index is 0.000000242. The van der Waals surface area contributed by atoms with Gasteiger partial charge in [0.25, 0.3) is 0 Å². The van der Waals surface area contributed by atoms with Gasteiger partial charge in [-0.3, -0.25) is 0 Å². The molecule has 0 atom stereocenters. The molecule has 1 saturated carbocycles.